The Labute approximate surface area is 114 Å². The van der Waals surface area contributed by atoms with E-state index in [0.717, 1.165) is 44.7 Å². The average molecular weight is 261 g/mol. The van der Waals surface area contributed by atoms with E-state index >= 15 is 0 Å². The van der Waals surface area contributed by atoms with Gasteiger partial charge >= 0.3 is 0 Å². The molecule has 0 aromatic carbocycles. The van der Waals surface area contributed by atoms with Crippen LogP contribution in [0.4, 0.5) is 0 Å². The summed E-state index contributed by atoms with van der Waals surface area (Å²) in [5.74, 6) is 0. The maximum atomic E-state index is 5.20. The lowest BCUT2D eigenvalue weighted by Gasteiger charge is -2.32. The quantitative estimate of drug-likeness (QED) is 0.434. The summed E-state index contributed by atoms with van der Waals surface area (Å²) >= 11 is 0. The van der Waals surface area contributed by atoms with Gasteiger partial charge in [-0.1, -0.05) is 5.16 Å². The lowest BCUT2D eigenvalue weighted by molar-refractivity contribution is 0.112. The fourth-order valence-electron chi connectivity index (χ4n) is 1.98. The molecule has 0 unspecified atom stereocenters. The third-order valence-electron chi connectivity index (χ3n) is 3.21. The zero-order valence-corrected chi connectivity index (χ0v) is 11.5. The second-order valence-corrected chi connectivity index (χ2v) is 4.78. The summed E-state index contributed by atoms with van der Waals surface area (Å²) in [6.07, 6.45) is 7.24. The summed E-state index contributed by atoms with van der Waals surface area (Å²) in [4.78, 5) is 14.0. The largest absolute Gasteiger partial charge is 0.395 e. The molecule has 0 atom stereocenters. The normalized spacial score (nSPS) is 17.9. The molecule has 2 rings (SSSR count). The Morgan fingerprint density at radius 1 is 1.37 bits per heavy atom. The van der Waals surface area contributed by atoms with Crippen molar-refractivity contribution in [3.63, 3.8) is 0 Å². The number of pyridine rings is 1. The minimum Gasteiger partial charge on any atom is -0.395 e. The summed E-state index contributed by atoms with van der Waals surface area (Å²) in [6, 6.07) is 3.75. The first-order valence-electron chi connectivity index (χ1n) is 6.73. The highest BCUT2D eigenvalue weighted by Gasteiger charge is 2.12. The van der Waals surface area contributed by atoms with Gasteiger partial charge in [0.15, 0.2) is 0 Å². The molecule has 1 aliphatic rings. The van der Waals surface area contributed by atoms with Crippen molar-refractivity contribution < 1.29 is 4.84 Å². The van der Waals surface area contributed by atoms with Crippen LogP contribution in [0, 0.1) is 0 Å². The predicted molar refractivity (Wildman–Crippen MR) is 75.3 cm³/mol. The molecule has 0 bridgehead atoms. The van der Waals surface area contributed by atoms with Crippen LogP contribution in [0.1, 0.15) is 12.0 Å². The van der Waals surface area contributed by atoms with Crippen LogP contribution >= 0.6 is 0 Å². The van der Waals surface area contributed by atoms with E-state index in [0.29, 0.717) is 6.61 Å². The lowest BCUT2D eigenvalue weighted by Crippen LogP contribution is -2.44. The molecule has 2 heterocycles. The SMILES string of the molecule is CN1CCN(CCCO/N=[C]/c2cccnc2)CC1. The van der Waals surface area contributed by atoms with Crippen molar-refractivity contribution in [1.82, 2.24) is 14.8 Å². The minimum absolute atomic E-state index is 0.638. The van der Waals surface area contributed by atoms with Gasteiger partial charge in [-0.25, -0.2) is 0 Å². The van der Waals surface area contributed by atoms with Gasteiger partial charge in [0.2, 0.25) is 0 Å². The second kappa shape index (κ2) is 7.86. The number of piperazine rings is 1. The van der Waals surface area contributed by atoms with Crippen LogP contribution in [-0.4, -0.2) is 67.4 Å². The molecule has 0 saturated carbocycles. The van der Waals surface area contributed by atoms with E-state index in [1.807, 2.05) is 12.1 Å². The number of hydrogen-bond acceptors (Lipinski definition) is 5. The summed E-state index contributed by atoms with van der Waals surface area (Å²) in [7, 11) is 2.17. The Bertz CT molecular complexity index is 374. The standard InChI is InChI=1S/C14H21N4O/c1-17-7-9-18(10-8-17)6-3-11-19-16-13-14-4-2-5-15-12-14/h2,4-5,12H,3,6-11H2,1H3. The highest BCUT2D eigenvalue weighted by molar-refractivity contribution is 5.78. The molecule has 0 N–H and O–H groups in total. The van der Waals surface area contributed by atoms with E-state index < -0.39 is 0 Å². The zero-order valence-electron chi connectivity index (χ0n) is 11.5. The second-order valence-electron chi connectivity index (χ2n) is 4.78. The van der Waals surface area contributed by atoms with Gasteiger partial charge in [-0.15, -0.1) is 0 Å². The molecule has 103 valence electrons. The minimum atomic E-state index is 0.638. The first-order chi connectivity index (χ1) is 9.34. The third-order valence-corrected chi connectivity index (χ3v) is 3.21. The number of rotatable bonds is 6. The van der Waals surface area contributed by atoms with Crippen molar-refractivity contribution in [1.29, 1.82) is 0 Å². The topological polar surface area (TPSA) is 41.0 Å². The van der Waals surface area contributed by atoms with Gasteiger partial charge in [-0.3, -0.25) is 4.98 Å². The van der Waals surface area contributed by atoms with Gasteiger partial charge in [-0.2, -0.15) is 0 Å². The number of nitrogens with zero attached hydrogens (tertiary/aromatic N) is 4. The van der Waals surface area contributed by atoms with Crippen molar-refractivity contribution in [2.24, 2.45) is 5.16 Å². The van der Waals surface area contributed by atoms with Crippen LogP contribution < -0.4 is 0 Å². The maximum absolute atomic E-state index is 5.20. The molecule has 1 aliphatic heterocycles. The van der Waals surface area contributed by atoms with Gasteiger partial charge in [0.1, 0.15) is 12.8 Å². The fourth-order valence-corrected chi connectivity index (χ4v) is 1.98. The van der Waals surface area contributed by atoms with E-state index in [1.165, 1.54) is 0 Å². The van der Waals surface area contributed by atoms with Crippen LogP contribution in [0.2, 0.25) is 0 Å². The van der Waals surface area contributed by atoms with Crippen LogP contribution in [0.5, 0.6) is 0 Å². The van der Waals surface area contributed by atoms with Crippen LogP contribution in [0.3, 0.4) is 0 Å². The number of hydrogen-bond donors (Lipinski definition) is 0. The number of aromatic nitrogens is 1. The lowest BCUT2D eigenvalue weighted by atomic mass is 10.3. The summed E-state index contributed by atoms with van der Waals surface area (Å²) in [5.41, 5.74) is 0.835. The zero-order chi connectivity index (χ0) is 13.3. The van der Waals surface area contributed by atoms with Gasteiger partial charge in [0, 0.05) is 50.7 Å². The first kappa shape index (κ1) is 14.0. The first-order valence-corrected chi connectivity index (χ1v) is 6.73. The van der Waals surface area contributed by atoms with Crippen molar-refractivity contribution in [2.75, 3.05) is 46.4 Å². The van der Waals surface area contributed by atoms with Crippen molar-refractivity contribution in [3.8, 4) is 0 Å². The van der Waals surface area contributed by atoms with Crippen LogP contribution in [-0.2, 0) is 4.84 Å². The van der Waals surface area contributed by atoms with E-state index in [4.69, 9.17) is 4.84 Å². The number of likely N-dealkylation sites (N-methyl/N-ethyl adjacent to an activating group) is 1. The molecule has 1 aromatic rings. The van der Waals surface area contributed by atoms with Crippen molar-refractivity contribution in [3.05, 3.63) is 30.1 Å². The molecule has 1 radical (unpaired) electrons. The maximum Gasteiger partial charge on any atom is 0.141 e. The van der Waals surface area contributed by atoms with Gasteiger partial charge < -0.3 is 14.6 Å². The van der Waals surface area contributed by atoms with Crippen LogP contribution in [0.15, 0.2) is 29.7 Å². The summed E-state index contributed by atoms with van der Waals surface area (Å²) in [5, 5.41) is 3.82. The molecule has 0 aliphatic carbocycles. The van der Waals surface area contributed by atoms with Gasteiger partial charge in [0.25, 0.3) is 0 Å². The van der Waals surface area contributed by atoms with Crippen molar-refractivity contribution in [2.45, 2.75) is 6.42 Å². The summed E-state index contributed by atoms with van der Waals surface area (Å²) in [6.45, 7) is 6.35. The molecule has 1 aromatic heterocycles. The smallest absolute Gasteiger partial charge is 0.141 e. The van der Waals surface area contributed by atoms with E-state index in [9.17, 15) is 0 Å². The Morgan fingerprint density at radius 3 is 2.95 bits per heavy atom. The molecule has 0 spiro atoms. The van der Waals surface area contributed by atoms with E-state index in [2.05, 4.69) is 33.2 Å². The Balaban J connectivity index is 1.54. The van der Waals surface area contributed by atoms with E-state index in [-0.39, 0.29) is 0 Å². The fraction of sp³-hybridized carbons (Fsp3) is 0.571. The highest BCUT2D eigenvalue weighted by atomic mass is 16.6. The Morgan fingerprint density at radius 2 is 2.21 bits per heavy atom. The van der Waals surface area contributed by atoms with Gasteiger partial charge in [-0.05, 0) is 25.6 Å². The van der Waals surface area contributed by atoms with Crippen molar-refractivity contribution >= 4 is 6.21 Å². The molecule has 1 fully saturated rings. The van der Waals surface area contributed by atoms with Gasteiger partial charge in [0.05, 0.1) is 0 Å². The third kappa shape index (κ3) is 5.36. The summed E-state index contributed by atoms with van der Waals surface area (Å²) < 4.78 is 0. The Hall–Kier alpha value is -1.46. The van der Waals surface area contributed by atoms with Crippen LogP contribution in [0.25, 0.3) is 0 Å². The molecule has 19 heavy (non-hydrogen) atoms. The molecule has 5 nitrogen and oxygen atoms in total. The van der Waals surface area contributed by atoms with E-state index in [1.54, 1.807) is 12.4 Å². The molecular formula is C14H21N4O. The molecule has 5 heteroatoms. The highest BCUT2D eigenvalue weighted by Crippen LogP contribution is 2.00. The Kier molecular flexibility index (Phi) is 5.78. The molecular weight excluding hydrogens is 240 g/mol. The predicted octanol–water partition coefficient (Wildman–Crippen LogP) is 0.947. The molecule has 0 amide bonds. The monoisotopic (exact) mass is 261 g/mol. The average Bonchev–Trinajstić information content (AvgIpc) is 2.46. The molecule has 1 saturated heterocycles.